The number of benzene rings is 1. The van der Waals surface area contributed by atoms with Gasteiger partial charge in [-0.1, -0.05) is 0 Å². The van der Waals surface area contributed by atoms with Gasteiger partial charge in [-0.05, 0) is 18.2 Å². The van der Waals surface area contributed by atoms with E-state index in [4.69, 9.17) is 0 Å². The standard InChI is InChI=1S/C10H5NO5/c12-6-3-4-8(14)10-7(13)2-1-5(9(6)10)11(15)16/h1-4,13H. The fourth-order valence-electron chi connectivity index (χ4n) is 1.55. The lowest BCUT2D eigenvalue weighted by molar-refractivity contribution is -0.385. The van der Waals surface area contributed by atoms with E-state index in [1.807, 2.05) is 0 Å². The quantitative estimate of drug-likeness (QED) is 0.565. The maximum atomic E-state index is 11.5. The summed E-state index contributed by atoms with van der Waals surface area (Å²) in [5.41, 5.74) is -1.13. The number of aromatic hydroxyl groups is 1. The minimum absolute atomic E-state index is 0.304. The Hall–Kier alpha value is -2.50. The lowest BCUT2D eigenvalue weighted by atomic mass is 9.92. The highest BCUT2D eigenvalue weighted by molar-refractivity contribution is 6.24. The fraction of sp³-hybridized carbons (Fsp3) is 0. The van der Waals surface area contributed by atoms with Crippen LogP contribution in [-0.2, 0) is 0 Å². The molecule has 0 aliphatic heterocycles. The molecule has 0 radical (unpaired) electrons. The van der Waals surface area contributed by atoms with Gasteiger partial charge in [-0.25, -0.2) is 0 Å². The Kier molecular flexibility index (Phi) is 2.05. The van der Waals surface area contributed by atoms with Crippen molar-refractivity contribution in [2.24, 2.45) is 0 Å². The highest BCUT2D eigenvalue weighted by Crippen LogP contribution is 2.32. The van der Waals surface area contributed by atoms with E-state index >= 15 is 0 Å². The van der Waals surface area contributed by atoms with Gasteiger partial charge in [0.25, 0.3) is 5.69 Å². The second-order valence-electron chi connectivity index (χ2n) is 3.17. The molecular formula is C10H5NO5. The Morgan fingerprint density at radius 3 is 2.19 bits per heavy atom. The van der Waals surface area contributed by atoms with Crippen molar-refractivity contribution >= 4 is 17.3 Å². The predicted octanol–water partition coefficient (Wildman–Crippen LogP) is 1.24. The summed E-state index contributed by atoms with van der Waals surface area (Å²) in [6.07, 6.45) is 1.94. The summed E-state index contributed by atoms with van der Waals surface area (Å²) in [7, 11) is 0. The summed E-state index contributed by atoms with van der Waals surface area (Å²) in [4.78, 5) is 32.8. The zero-order valence-corrected chi connectivity index (χ0v) is 7.84. The van der Waals surface area contributed by atoms with Crippen LogP contribution >= 0.6 is 0 Å². The highest BCUT2D eigenvalue weighted by atomic mass is 16.6. The van der Waals surface area contributed by atoms with E-state index in [2.05, 4.69) is 0 Å². The number of phenols is 1. The van der Waals surface area contributed by atoms with Gasteiger partial charge >= 0.3 is 0 Å². The molecule has 80 valence electrons. The van der Waals surface area contributed by atoms with Crippen molar-refractivity contribution in [3.63, 3.8) is 0 Å². The van der Waals surface area contributed by atoms with E-state index in [0.717, 1.165) is 24.3 Å². The second-order valence-corrected chi connectivity index (χ2v) is 3.17. The second kappa shape index (κ2) is 3.27. The molecule has 6 heteroatoms. The molecule has 0 heterocycles. The van der Waals surface area contributed by atoms with Crippen molar-refractivity contribution in [2.45, 2.75) is 0 Å². The molecule has 1 aromatic rings. The average molecular weight is 219 g/mol. The maximum Gasteiger partial charge on any atom is 0.281 e. The van der Waals surface area contributed by atoms with Crippen LogP contribution in [0.2, 0.25) is 0 Å². The predicted molar refractivity (Wildman–Crippen MR) is 52.6 cm³/mol. The molecule has 0 saturated carbocycles. The van der Waals surface area contributed by atoms with Crippen LogP contribution in [0.5, 0.6) is 5.75 Å². The number of nitro benzene ring substituents is 1. The van der Waals surface area contributed by atoms with Gasteiger partial charge in [-0.15, -0.1) is 0 Å². The Bertz CT molecular complexity index is 559. The van der Waals surface area contributed by atoms with E-state index in [0.29, 0.717) is 0 Å². The van der Waals surface area contributed by atoms with E-state index in [1.165, 1.54) is 0 Å². The number of carbonyl (C=O) groups excluding carboxylic acids is 2. The molecule has 0 fully saturated rings. The molecule has 1 aliphatic rings. The molecule has 0 aromatic heterocycles. The van der Waals surface area contributed by atoms with E-state index < -0.39 is 27.9 Å². The van der Waals surface area contributed by atoms with Gasteiger partial charge in [0.05, 0.1) is 10.5 Å². The third-order valence-corrected chi connectivity index (χ3v) is 2.24. The van der Waals surface area contributed by atoms with Crippen LogP contribution in [0.25, 0.3) is 0 Å². The molecule has 0 atom stereocenters. The molecule has 0 spiro atoms. The Morgan fingerprint density at radius 1 is 1.06 bits per heavy atom. The molecule has 1 aliphatic carbocycles. The first kappa shape index (κ1) is 10.0. The minimum atomic E-state index is -0.761. The summed E-state index contributed by atoms with van der Waals surface area (Å²) >= 11 is 0. The number of phenolic OH excluding ortho intramolecular Hbond substituents is 1. The molecule has 0 saturated heterocycles. The van der Waals surface area contributed by atoms with Crippen molar-refractivity contribution in [1.82, 2.24) is 0 Å². The average Bonchev–Trinajstić information content (AvgIpc) is 2.23. The Morgan fingerprint density at radius 2 is 1.62 bits per heavy atom. The summed E-state index contributed by atoms with van der Waals surface area (Å²) in [5.74, 6) is -1.70. The fourth-order valence-corrected chi connectivity index (χ4v) is 1.55. The number of nitro groups is 1. The minimum Gasteiger partial charge on any atom is -0.507 e. The van der Waals surface area contributed by atoms with Gasteiger partial charge < -0.3 is 5.11 Å². The van der Waals surface area contributed by atoms with Crippen LogP contribution in [0.1, 0.15) is 20.7 Å². The van der Waals surface area contributed by atoms with Gasteiger partial charge in [0.15, 0.2) is 11.6 Å². The van der Waals surface area contributed by atoms with E-state index in [1.54, 1.807) is 0 Å². The van der Waals surface area contributed by atoms with Crippen LogP contribution in [-0.4, -0.2) is 21.6 Å². The first-order chi connectivity index (χ1) is 7.52. The maximum absolute atomic E-state index is 11.5. The number of nitrogens with zero attached hydrogens (tertiary/aromatic N) is 1. The van der Waals surface area contributed by atoms with Crippen molar-refractivity contribution in [2.75, 3.05) is 0 Å². The van der Waals surface area contributed by atoms with Crippen LogP contribution < -0.4 is 0 Å². The van der Waals surface area contributed by atoms with Crippen LogP contribution in [0, 0.1) is 10.1 Å². The number of hydrogen-bond donors (Lipinski definition) is 1. The number of allylic oxidation sites excluding steroid dienone is 2. The SMILES string of the molecule is O=C1C=CC(=O)c2c([N+](=O)[O-])ccc(O)c21. The molecule has 0 unspecified atom stereocenters. The zero-order valence-electron chi connectivity index (χ0n) is 7.84. The van der Waals surface area contributed by atoms with Gasteiger partial charge in [0.2, 0.25) is 0 Å². The van der Waals surface area contributed by atoms with Crippen LogP contribution in [0.15, 0.2) is 24.3 Å². The van der Waals surface area contributed by atoms with Crippen molar-refractivity contribution < 1.29 is 19.6 Å². The third kappa shape index (κ3) is 1.28. The van der Waals surface area contributed by atoms with Crippen molar-refractivity contribution in [3.8, 4) is 5.75 Å². The first-order valence-electron chi connectivity index (χ1n) is 4.29. The number of ketones is 2. The first-order valence-corrected chi connectivity index (χ1v) is 4.29. The van der Waals surface area contributed by atoms with Crippen molar-refractivity contribution in [1.29, 1.82) is 0 Å². The molecule has 1 N–H and O–H groups in total. The summed E-state index contributed by atoms with van der Waals surface area (Å²) in [6, 6.07) is 2.03. The number of carbonyl (C=O) groups is 2. The molecular weight excluding hydrogens is 214 g/mol. The van der Waals surface area contributed by atoms with E-state index in [-0.39, 0.29) is 11.1 Å². The van der Waals surface area contributed by atoms with Crippen LogP contribution in [0.3, 0.4) is 0 Å². The monoisotopic (exact) mass is 219 g/mol. The van der Waals surface area contributed by atoms with Gasteiger partial charge in [0, 0.05) is 6.07 Å². The van der Waals surface area contributed by atoms with Crippen molar-refractivity contribution in [3.05, 3.63) is 45.5 Å². The molecule has 6 nitrogen and oxygen atoms in total. The molecule has 1 aromatic carbocycles. The topological polar surface area (TPSA) is 97.5 Å². The van der Waals surface area contributed by atoms with Gasteiger partial charge in [0.1, 0.15) is 11.3 Å². The highest BCUT2D eigenvalue weighted by Gasteiger charge is 2.30. The third-order valence-electron chi connectivity index (χ3n) is 2.24. The van der Waals surface area contributed by atoms with Gasteiger partial charge in [-0.2, -0.15) is 0 Å². The summed E-state index contributed by atoms with van der Waals surface area (Å²) in [5, 5.41) is 20.1. The van der Waals surface area contributed by atoms with E-state index in [9.17, 15) is 24.8 Å². The molecule has 0 bridgehead atoms. The molecule has 16 heavy (non-hydrogen) atoms. The molecule has 0 amide bonds. The number of hydrogen-bond acceptors (Lipinski definition) is 5. The van der Waals surface area contributed by atoms with Crippen LogP contribution in [0.4, 0.5) is 5.69 Å². The number of rotatable bonds is 1. The largest absolute Gasteiger partial charge is 0.507 e. The summed E-state index contributed by atoms with van der Waals surface area (Å²) in [6.45, 7) is 0. The smallest absolute Gasteiger partial charge is 0.281 e. The summed E-state index contributed by atoms with van der Waals surface area (Å²) < 4.78 is 0. The Labute approximate surface area is 89.0 Å². The Balaban J connectivity index is 2.84. The normalized spacial score (nSPS) is 13.8. The number of fused-ring (bicyclic) bond motifs is 1. The van der Waals surface area contributed by atoms with Gasteiger partial charge in [-0.3, -0.25) is 19.7 Å². The zero-order chi connectivity index (χ0) is 11.9. The lowest BCUT2D eigenvalue weighted by Gasteiger charge is -2.10. The molecule has 2 rings (SSSR count). The lowest BCUT2D eigenvalue weighted by Crippen LogP contribution is -2.14.